The van der Waals surface area contributed by atoms with Gasteiger partial charge in [-0.15, -0.1) is 0 Å². The SMILES string of the molecule is COC(=O)c1cc(NC(=O)[C@H]2CC(=O)N(c3cccc(OC)c3)C2)ccc1Cl. The van der Waals surface area contributed by atoms with Crippen LogP contribution in [0, 0.1) is 5.92 Å². The fourth-order valence-corrected chi connectivity index (χ4v) is 3.22. The van der Waals surface area contributed by atoms with Gasteiger partial charge in [0.15, 0.2) is 0 Å². The molecule has 1 saturated heterocycles. The average molecular weight is 403 g/mol. The molecule has 0 unspecified atom stereocenters. The molecule has 0 aliphatic carbocycles. The summed E-state index contributed by atoms with van der Waals surface area (Å²) in [6.07, 6.45) is 0.0977. The van der Waals surface area contributed by atoms with Crippen molar-refractivity contribution >= 4 is 40.8 Å². The summed E-state index contributed by atoms with van der Waals surface area (Å²) >= 11 is 5.99. The fourth-order valence-electron chi connectivity index (χ4n) is 3.02. The second-order valence-electron chi connectivity index (χ2n) is 6.28. The van der Waals surface area contributed by atoms with Gasteiger partial charge in [0, 0.05) is 30.4 Å². The van der Waals surface area contributed by atoms with Crippen molar-refractivity contribution in [2.75, 3.05) is 31.0 Å². The normalized spacial score (nSPS) is 16.0. The van der Waals surface area contributed by atoms with Gasteiger partial charge >= 0.3 is 5.97 Å². The molecule has 2 aromatic rings. The van der Waals surface area contributed by atoms with Gasteiger partial charge in [0.25, 0.3) is 0 Å². The Morgan fingerprint density at radius 1 is 1.18 bits per heavy atom. The Morgan fingerprint density at radius 3 is 2.68 bits per heavy atom. The maximum atomic E-state index is 12.6. The third-order valence-corrected chi connectivity index (χ3v) is 4.83. The summed E-state index contributed by atoms with van der Waals surface area (Å²) in [6.45, 7) is 0.259. The van der Waals surface area contributed by atoms with Crippen molar-refractivity contribution in [2.45, 2.75) is 6.42 Å². The molecule has 1 aliphatic rings. The third-order valence-electron chi connectivity index (χ3n) is 4.50. The Kier molecular flexibility index (Phi) is 5.84. The van der Waals surface area contributed by atoms with Gasteiger partial charge in [-0.1, -0.05) is 17.7 Å². The minimum absolute atomic E-state index is 0.0977. The second-order valence-corrected chi connectivity index (χ2v) is 6.69. The molecule has 1 aliphatic heterocycles. The number of hydrogen-bond donors (Lipinski definition) is 1. The van der Waals surface area contributed by atoms with Crippen molar-refractivity contribution in [3.63, 3.8) is 0 Å². The molecule has 0 spiro atoms. The van der Waals surface area contributed by atoms with Crippen LogP contribution in [-0.2, 0) is 14.3 Å². The highest BCUT2D eigenvalue weighted by molar-refractivity contribution is 6.33. The Morgan fingerprint density at radius 2 is 1.96 bits per heavy atom. The first kappa shape index (κ1) is 19.7. The van der Waals surface area contributed by atoms with Gasteiger partial charge in [-0.3, -0.25) is 9.59 Å². The predicted octanol–water partition coefficient (Wildman–Crippen LogP) is 3.13. The number of amides is 2. The molecule has 0 radical (unpaired) electrons. The molecule has 0 aromatic heterocycles. The lowest BCUT2D eigenvalue weighted by atomic mass is 10.1. The van der Waals surface area contributed by atoms with Crippen molar-refractivity contribution in [1.82, 2.24) is 0 Å². The summed E-state index contributed by atoms with van der Waals surface area (Å²) in [5.74, 6) is -0.927. The number of carbonyl (C=O) groups excluding carboxylic acids is 3. The molecule has 146 valence electrons. The number of hydrogen-bond acceptors (Lipinski definition) is 5. The third kappa shape index (κ3) is 4.09. The molecule has 3 rings (SSSR count). The van der Waals surface area contributed by atoms with Gasteiger partial charge in [0.05, 0.1) is 30.7 Å². The summed E-state index contributed by atoms with van der Waals surface area (Å²) in [4.78, 5) is 38.3. The summed E-state index contributed by atoms with van der Waals surface area (Å²) in [7, 11) is 2.80. The largest absolute Gasteiger partial charge is 0.497 e. The van der Waals surface area contributed by atoms with Crippen molar-refractivity contribution in [1.29, 1.82) is 0 Å². The van der Waals surface area contributed by atoms with E-state index in [2.05, 4.69) is 10.1 Å². The number of ether oxygens (including phenoxy) is 2. The highest BCUT2D eigenvalue weighted by Gasteiger charge is 2.35. The first-order chi connectivity index (χ1) is 13.4. The van der Waals surface area contributed by atoms with E-state index in [1.165, 1.54) is 19.2 Å². The number of methoxy groups -OCH3 is 2. The minimum Gasteiger partial charge on any atom is -0.497 e. The van der Waals surface area contributed by atoms with Gasteiger partial charge in [-0.25, -0.2) is 4.79 Å². The molecular weight excluding hydrogens is 384 g/mol. The van der Waals surface area contributed by atoms with Crippen LogP contribution in [0.3, 0.4) is 0 Å². The van der Waals surface area contributed by atoms with Crippen LogP contribution in [0.5, 0.6) is 5.75 Å². The van der Waals surface area contributed by atoms with Gasteiger partial charge in [-0.05, 0) is 30.3 Å². The van der Waals surface area contributed by atoms with Crippen molar-refractivity contribution in [3.8, 4) is 5.75 Å². The van der Waals surface area contributed by atoms with Gasteiger partial charge in [-0.2, -0.15) is 0 Å². The first-order valence-electron chi connectivity index (χ1n) is 8.56. The Hall–Kier alpha value is -3.06. The van der Waals surface area contributed by atoms with E-state index in [0.717, 1.165) is 0 Å². The summed E-state index contributed by atoms with van der Waals surface area (Å²) in [6, 6.07) is 11.7. The van der Waals surface area contributed by atoms with Crippen LogP contribution in [0.4, 0.5) is 11.4 Å². The van der Waals surface area contributed by atoms with E-state index in [-0.39, 0.29) is 35.4 Å². The molecular formula is C20H19ClN2O5. The number of nitrogens with one attached hydrogen (secondary N) is 1. The van der Waals surface area contributed by atoms with E-state index in [1.54, 1.807) is 42.3 Å². The number of halogens is 1. The Labute approximate surface area is 167 Å². The first-order valence-corrected chi connectivity index (χ1v) is 8.94. The smallest absolute Gasteiger partial charge is 0.339 e. The Bertz CT molecular complexity index is 931. The van der Waals surface area contributed by atoms with Crippen LogP contribution in [0.25, 0.3) is 0 Å². The molecule has 2 aromatic carbocycles. The molecule has 1 fully saturated rings. The van der Waals surface area contributed by atoms with Crippen LogP contribution < -0.4 is 15.0 Å². The molecule has 28 heavy (non-hydrogen) atoms. The van der Waals surface area contributed by atoms with E-state index in [4.69, 9.17) is 16.3 Å². The number of rotatable bonds is 5. The standard InChI is InChI=1S/C20H19ClN2O5/c1-27-15-5-3-4-14(10-15)23-11-12(8-18(23)24)19(25)22-13-6-7-17(21)16(9-13)20(26)28-2/h3-7,9-10,12H,8,11H2,1-2H3,(H,22,25)/t12-/m0/s1. The van der Waals surface area contributed by atoms with Crippen LogP contribution >= 0.6 is 11.6 Å². The number of esters is 1. The monoisotopic (exact) mass is 402 g/mol. The number of nitrogens with zero attached hydrogens (tertiary/aromatic N) is 1. The minimum atomic E-state index is -0.596. The van der Waals surface area contributed by atoms with E-state index < -0.39 is 11.9 Å². The molecule has 2 amide bonds. The van der Waals surface area contributed by atoms with Crippen LogP contribution in [0.1, 0.15) is 16.8 Å². The molecule has 1 atom stereocenters. The number of anilines is 2. The Balaban J connectivity index is 1.72. The van der Waals surface area contributed by atoms with Gasteiger partial charge in [0.2, 0.25) is 11.8 Å². The van der Waals surface area contributed by atoms with E-state index in [1.807, 2.05) is 0 Å². The van der Waals surface area contributed by atoms with E-state index in [0.29, 0.717) is 17.1 Å². The highest BCUT2D eigenvalue weighted by Crippen LogP contribution is 2.29. The zero-order valence-electron chi connectivity index (χ0n) is 15.4. The second kappa shape index (κ2) is 8.31. The fraction of sp³-hybridized carbons (Fsp3) is 0.250. The van der Waals surface area contributed by atoms with Crippen LogP contribution in [-0.4, -0.2) is 38.5 Å². The summed E-state index contributed by atoms with van der Waals surface area (Å²) in [5, 5.41) is 2.96. The molecule has 0 bridgehead atoms. The van der Waals surface area contributed by atoms with Gasteiger partial charge in [0.1, 0.15) is 5.75 Å². The van der Waals surface area contributed by atoms with Crippen LogP contribution in [0.2, 0.25) is 5.02 Å². The summed E-state index contributed by atoms with van der Waals surface area (Å²) in [5.41, 5.74) is 1.24. The topological polar surface area (TPSA) is 84.9 Å². The molecule has 8 heteroatoms. The lowest BCUT2D eigenvalue weighted by Crippen LogP contribution is -2.28. The molecule has 7 nitrogen and oxygen atoms in total. The van der Waals surface area contributed by atoms with E-state index in [9.17, 15) is 14.4 Å². The predicted molar refractivity (Wildman–Crippen MR) is 105 cm³/mol. The van der Waals surface area contributed by atoms with Crippen molar-refractivity contribution in [2.24, 2.45) is 5.92 Å². The molecule has 1 N–H and O–H groups in total. The molecule has 1 heterocycles. The highest BCUT2D eigenvalue weighted by atomic mass is 35.5. The van der Waals surface area contributed by atoms with Crippen molar-refractivity contribution in [3.05, 3.63) is 53.1 Å². The lowest BCUT2D eigenvalue weighted by molar-refractivity contribution is -0.122. The lowest BCUT2D eigenvalue weighted by Gasteiger charge is -2.17. The zero-order chi connectivity index (χ0) is 20.3. The average Bonchev–Trinajstić information content (AvgIpc) is 3.10. The number of carbonyl (C=O) groups is 3. The van der Waals surface area contributed by atoms with Crippen molar-refractivity contribution < 1.29 is 23.9 Å². The van der Waals surface area contributed by atoms with Gasteiger partial charge < -0.3 is 19.7 Å². The summed E-state index contributed by atoms with van der Waals surface area (Å²) < 4.78 is 9.86. The quantitative estimate of drug-likeness (QED) is 0.776. The maximum Gasteiger partial charge on any atom is 0.339 e. The number of benzene rings is 2. The maximum absolute atomic E-state index is 12.6. The zero-order valence-corrected chi connectivity index (χ0v) is 16.2. The van der Waals surface area contributed by atoms with Crippen LogP contribution in [0.15, 0.2) is 42.5 Å². The van der Waals surface area contributed by atoms with E-state index >= 15 is 0 Å². The molecule has 0 saturated carbocycles.